The topological polar surface area (TPSA) is 0 Å². The smallest absolute Gasteiger partial charge is 0.00184 e. The second-order valence-corrected chi connectivity index (χ2v) is 4.82. The lowest BCUT2D eigenvalue weighted by molar-refractivity contribution is 0.887. The summed E-state index contributed by atoms with van der Waals surface area (Å²) in [5, 5.41) is 0. The van der Waals surface area contributed by atoms with Crippen LogP contribution in [0.25, 0.3) is 0 Å². The quantitative estimate of drug-likeness (QED) is 0.626. The third-order valence-electron chi connectivity index (χ3n) is 3.42. The van der Waals surface area contributed by atoms with Gasteiger partial charge in [-0.2, -0.15) is 0 Å². The van der Waals surface area contributed by atoms with Crippen LogP contribution in [0.4, 0.5) is 0 Å². The molecule has 1 aromatic rings. The molecule has 1 atom stereocenters. The number of hydrogen-bond donors (Lipinski definition) is 0. The molecule has 0 N–H and O–H groups in total. The van der Waals surface area contributed by atoms with E-state index in [0.29, 0.717) is 0 Å². The largest absolute Gasteiger partial charge is 0.102 e. The van der Waals surface area contributed by atoms with Gasteiger partial charge in [-0.05, 0) is 48.8 Å². The molecule has 1 fully saturated rings. The van der Waals surface area contributed by atoms with Crippen molar-refractivity contribution in [2.75, 3.05) is 0 Å². The van der Waals surface area contributed by atoms with Crippen molar-refractivity contribution in [3.8, 4) is 0 Å². The highest BCUT2D eigenvalue weighted by molar-refractivity contribution is 5.39. The van der Waals surface area contributed by atoms with Crippen molar-refractivity contribution in [3.05, 3.63) is 54.5 Å². The van der Waals surface area contributed by atoms with Crippen LogP contribution >= 0.6 is 0 Å². The molecule has 1 saturated carbocycles. The van der Waals surface area contributed by atoms with Crippen molar-refractivity contribution in [2.24, 2.45) is 0 Å². The Kier molecular flexibility index (Phi) is 3.48. The van der Waals surface area contributed by atoms with Gasteiger partial charge in [0.05, 0.1) is 0 Å². The molecule has 1 radical (unpaired) electrons. The first-order valence-corrected chi connectivity index (χ1v) is 6.34. The van der Waals surface area contributed by atoms with Gasteiger partial charge in [0.2, 0.25) is 0 Å². The Morgan fingerprint density at radius 1 is 1.44 bits per heavy atom. The lowest BCUT2D eigenvalue weighted by Gasteiger charge is -2.14. The maximum Gasteiger partial charge on any atom is 0.00184 e. The molecule has 1 aromatic carbocycles. The average molecular weight is 213 g/mol. The van der Waals surface area contributed by atoms with Crippen molar-refractivity contribution in [1.82, 2.24) is 0 Å². The SMILES string of the molecule is [CH2]C(C=C)c1cc(C2CC2)ccc1CCC. The van der Waals surface area contributed by atoms with Crippen LogP contribution in [-0.2, 0) is 6.42 Å². The summed E-state index contributed by atoms with van der Waals surface area (Å²) in [6.07, 6.45) is 7.02. The van der Waals surface area contributed by atoms with E-state index in [2.05, 4.69) is 38.6 Å². The van der Waals surface area contributed by atoms with Crippen LogP contribution in [0.5, 0.6) is 0 Å². The van der Waals surface area contributed by atoms with Gasteiger partial charge < -0.3 is 0 Å². The second kappa shape index (κ2) is 4.86. The van der Waals surface area contributed by atoms with Crippen LogP contribution in [0.15, 0.2) is 30.9 Å². The third kappa shape index (κ3) is 2.37. The molecule has 2 rings (SSSR count). The molecule has 0 aliphatic heterocycles. The van der Waals surface area contributed by atoms with Gasteiger partial charge in [0.15, 0.2) is 0 Å². The first-order valence-electron chi connectivity index (χ1n) is 6.34. The fraction of sp³-hybridized carbons (Fsp3) is 0.438. The lowest BCUT2D eigenvalue weighted by Crippen LogP contribution is -1.99. The summed E-state index contributed by atoms with van der Waals surface area (Å²) in [5.41, 5.74) is 4.35. The van der Waals surface area contributed by atoms with E-state index < -0.39 is 0 Å². The summed E-state index contributed by atoms with van der Waals surface area (Å²) < 4.78 is 0. The van der Waals surface area contributed by atoms with E-state index in [9.17, 15) is 0 Å². The van der Waals surface area contributed by atoms with Crippen LogP contribution in [0, 0.1) is 6.92 Å². The summed E-state index contributed by atoms with van der Waals surface area (Å²) in [5.74, 6) is 1.06. The monoisotopic (exact) mass is 213 g/mol. The summed E-state index contributed by atoms with van der Waals surface area (Å²) in [7, 11) is 0. The van der Waals surface area contributed by atoms with E-state index in [-0.39, 0.29) is 5.92 Å². The summed E-state index contributed by atoms with van der Waals surface area (Å²) in [6, 6.07) is 6.97. The van der Waals surface area contributed by atoms with Crippen LogP contribution in [-0.4, -0.2) is 0 Å². The predicted molar refractivity (Wildman–Crippen MR) is 70.7 cm³/mol. The minimum atomic E-state index is 0.236. The Hall–Kier alpha value is -1.04. The Balaban J connectivity index is 2.33. The molecule has 0 heterocycles. The first-order chi connectivity index (χ1) is 7.76. The van der Waals surface area contributed by atoms with Crippen molar-refractivity contribution in [1.29, 1.82) is 0 Å². The van der Waals surface area contributed by atoms with Crippen molar-refractivity contribution >= 4 is 0 Å². The summed E-state index contributed by atoms with van der Waals surface area (Å²) in [6.45, 7) is 10.3. The predicted octanol–water partition coefficient (Wildman–Crippen LogP) is 4.62. The highest BCUT2D eigenvalue weighted by atomic mass is 14.3. The molecule has 0 nitrogen and oxygen atoms in total. The number of allylic oxidation sites excluding steroid dienone is 1. The third-order valence-corrected chi connectivity index (χ3v) is 3.42. The van der Waals surface area contributed by atoms with E-state index in [0.717, 1.165) is 12.3 Å². The van der Waals surface area contributed by atoms with Gasteiger partial charge >= 0.3 is 0 Å². The highest BCUT2D eigenvalue weighted by Crippen LogP contribution is 2.41. The molecule has 85 valence electrons. The van der Waals surface area contributed by atoms with Gasteiger partial charge in [0.25, 0.3) is 0 Å². The minimum Gasteiger partial charge on any atom is -0.102 e. The van der Waals surface area contributed by atoms with Crippen molar-refractivity contribution in [3.63, 3.8) is 0 Å². The molecular weight excluding hydrogens is 192 g/mol. The molecule has 0 bridgehead atoms. The van der Waals surface area contributed by atoms with E-state index in [1.807, 2.05) is 6.08 Å². The van der Waals surface area contributed by atoms with Crippen molar-refractivity contribution < 1.29 is 0 Å². The Bertz CT molecular complexity index is 372. The van der Waals surface area contributed by atoms with Crippen LogP contribution < -0.4 is 0 Å². The highest BCUT2D eigenvalue weighted by Gasteiger charge is 2.24. The van der Waals surface area contributed by atoms with Gasteiger partial charge in [-0.15, -0.1) is 6.58 Å². The van der Waals surface area contributed by atoms with Crippen LogP contribution in [0.2, 0.25) is 0 Å². The molecule has 0 aromatic heterocycles. The molecule has 1 unspecified atom stereocenters. The van der Waals surface area contributed by atoms with E-state index in [1.54, 1.807) is 0 Å². The van der Waals surface area contributed by atoms with E-state index >= 15 is 0 Å². The Labute approximate surface area is 99.4 Å². The molecule has 0 amide bonds. The lowest BCUT2D eigenvalue weighted by atomic mass is 9.91. The first kappa shape index (κ1) is 11.4. The van der Waals surface area contributed by atoms with Gasteiger partial charge in [-0.1, -0.05) is 37.6 Å². The number of benzene rings is 1. The zero-order valence-corrected chi connectivity index (χ0v) is 10.2. The Morgan fingerprint density at radius 3 is 2.75 bits per heavy atom. The fourth-order valence-corrected chi connectivity index (χ4v) is 2.25. The number of hydrogen-bond acceptors (Lipinski definition) is 0. The molecule has 0 saturated heterocycles. The number of aryl methyl sites for hydroxylation is 1. The zero-order valence-electron chi connectivity index (χ0n) is 10.2. The standard InChI is InChI=1S/C16H21/c1-4-6-14-9-10-15(13-7-8-13)11-16(14)12(3)5-2/h5,9-13H,2-4,6-8H2,1H3. The summed E-state index contributed by atoms with van der Waals surface area (Å²) >= 11 is 0. The molecule has 0 heteroatoms. The minimum absolute atomic E-state index is 0.236. The van der Waals surface area contributed by atoms with E-state index in [4.69, 9.17) is 0 Å². The fourth-order valence-electron chi connectivity index (χ4n) is 2.25. The molecule has 16 heavy (non-hydrogen) atoms. The maximum atomic E-state index is 4.17. The Morgan fingerprint density at radius 2 is 2.19 bits per heavy atom. The van der Waals surface area contributed by atoms with Gasteiger partial charge in [-0.25, -0.2) is 0 Å². The van der Waals surface area contributed by atoms with Gasteiger partial charge in [0.1, 0.15) is 0 Å². The van der Waals surface area contributed by atoms with Crippen molar-refractivity contribution in [2.45, 2.75) is 44.4 Å². The molecule has 1 aliphatic carbocycles. The average Bonchev–Trinajstić information content (AvgIpc) is 3.13. The molecule has 1 aliphatic rings. The zero-order chi connectivity index (χ0) is 11.5. The van der Waals surface area contributed by atoms with Crippen LogP contribution in [0.3, 0.4) is 0 Å². The van der Waals surface area contributed by atoms with Gasteiger partial charge in [0, 0.05) is 5.92 Å². The second-order valence-electron chi connectivity index (χ2n) is 4.82. The molecular formula is C16H21. The van der Waals surface area contributed by atoms with E-state index in [1.165, 1.54) is 36.0 Å². The number of rotatable bonds is 5. The summed E-state index contributed by atoms with van der Waals surface area (Å²) in [4.78, 5) is 0. The molecule has 0 spiro atoms. The van der Waals surface area contributed by atoms with Crippen LogP contribution in [0.1, 0.15) is 54.7 Å². The van der Waals surface area contributed by atoms with Gasteiger partial charge in [-0.3, -0.25) is 0 Å². The maximum absolute atomic E-state index is 4.17. The normalized spacial score (nSPS) is 17.1.